The normalized spacial score (nSPS) is 22.9. The Hall–Kier alpha value is -2.44. The van der Waals surface area contributed by atoms with Crippen LogP contribution >= 0.6 is 0 Å². The number of hydrogen-bond acceptors (Lipinski definition) is 5. The van der Waals surface area contributed by atoms with Gasteiger partial charge in [-0.25, -0.2) is 15.0 Å². The first-order chi connectivity index (χ1) is 13.6. The van der Waals surface area contributed by atoms with Crippen molar-refractivity contribution in [3.8, 4) is 0 Å². The van der Waals surface area contributed by atoms with E-state index in [4.69, 9.17) is 4.98 Å². The largest absolute Gasteiger partial charge is 0.356 e. The molecule has 2 aliphatic heterocycles. The zero-order valence-corrected chi connectivity index (χ0v) is 16.9. The van der Waals surface area contributed by atoms with E-state index in [2.05, 4.69) is 31.7 Å². The number of H-pyrrole nitrogens is 1. The van der Waals surface area contributed by atoms with Crippen LogP contribution in [0.5, 0.6) is 0 Å². The lowest BCUT2D eigenvalue weighted by molar-refractivity contribution is -0.137. The third kappa shape index (κ3) is 3.88. The van der Waals surface area contributed by atoms with Crippen molar-refractivity contribution in [2.45, 2.75) is 52.4 Å². The van der Waals surface area contributed by atoms with Crippen LogP contribution in [0.25, 0.3) is 0 Å². The van der Waals surface area contributed by atoms with Crippen molar-refractivity contribution in [1.82, 2.24) is 24.8 Å². The van der Waals surface area contributed by atoms with E-state index in [1.807, 2.05) is 19.3 Å². The summed E-state index contributed by atoms with van der Waals surface area (Å²) >= 11 is 0. The highest BCUT2D eigenvalue weighted by Crippen LogP contribution is 2.40. The van der Waals surface area contributed by atoms with E-state index in [1.54, 1.807) is 6.33 Å². The number of likely N-dealkylation sites (tertiary alicyclic amines) is 1. The van der Waals surface area contributed by atoms with Crippen LogP contribution < -0.4 is 4.90 Å². The third-order valence-corrected chi connectivity index (χ3v) is 6.26. The van der Waals surface area contributed by atoms with Crippen molar-refractivity contribution in [3.63, 3.8) is 0 Å². The first kappa shape index (κ1) is 18.9. The molecule has 0 aliphatic carbocycles. The fourth-order valence-corrected chi connectivity index (χ4v) is 4.71. The number of nitrogens with one attached hydrogen (secondary N) is 1. The van der Waals surface area contributed by atoms with E-state index in [-0.39, 0.29) is 11.3 Å². The van der Waals surface area contributed by atoms with Crippen LogP contribution in [-0.4, -0.2) is 56.9 Å². The van der Waals surface area contributed by atoms with Crippen LogP contribution in [0, 0.1) is 12.3 Å². The summed E-state index contributed by atoms with van der Waals surface area (Å²) in [4.78, 5) is 33.4. The van der Waals surface area contributed by atoms with Gasteiger partial charge in [-0.15, -0.1) is 0 Å². The Morgan fingerprint density at radius 2 is 2.14 bits per heavy atom. The van der Waals surface area contributed by atoms with E-state index in [9.17, 15) is 4.79 Å². The van der Waals surface area contributed by atoms with E-state index < -0.39 is 0 Å². The molecule has 1 N–H and O–H groups in total. The highest BCUT2D eigenvalue weighted by atomic mass is 16.2. The fraction of sp³-hybridized carbons (Fsp3) is 0.619. The molecule has 4 heterocycles. The first-order valence-electron chi connectivity index (χ1n) is 10.4. The number of nitrogens with zero attached hydrogens (tertiary/aromatic N) is 5. The molecule has 28 heavy (non-hydrogen) atoms. The SMILES string of the molecule is CCc1cnc(C)nc1N1CCCC2(CCC(=O)N(CCc3cnc[nH]3)C2)C1. The summed E-state index contributed by atoms with van der Waals surface area (Å²) < 4.78 is 0. The number of piperidine rings is 2. The summed E-state index contributed by atoms with van der Waals surface area (Å²) in [5, 5.41) is 0. The monoisotopic (exact) mass is 382 g/mol. The Labute approximate surface area is 166 Å². The number of hydrogen-bond donors (Lipinski definition) is 1. The van der Waals surface area contributed by atoms with Gasteiger partial charge in [0.15, 0.2) is 0 Å². The summed E-state index contributed by atoms with van der Waals surface area (Å²) in [7, 11) is 0. The van der Waals surface area contributed by atoms with Gasteiger partial charge in [0.2, 0.25) is 5.91 Å². The van der Waals surface area contributed by atoms with Gasteiger partial charge in [-0.3, -0.25) is 4.79 Å². The maximum absolute atomic E-state index is 12.5. The Morgan fingerprint density at radius 3 is 2.93 bits per heavy atom. The fourth-order valence-electron chi connectivity index (χ4n) is 4.71. The zero-order chi connectivity index (χ0) is 19.6. The smallest absolute Gasteiger partial charge is 0.222 e. The molecule has 2 fully saturated rings. The lowest BCUT2D eigenvalue weighted by atomic mass is 9.73. The zero-order valence-electron chi connectivity index (χ0n) is 16.9. The number of rotatable bonds is 5. The highest BCUT2D eigenvalue weighted by molar-refractivity contribution is 5.77. The molecule has 0 aromatic carbocycles. The average Bonchev–Trinajstić information content (AvgIpc) is 3.23. The molecule has 2 aromatic heterocycles. The Balaban J connectivity index is 1.49. The van der Waals surface area contributed by atoms with Crippen molar-refractivity contribution in [2.75, 3.05) is 31.1 Å². The predicted octanol–water partition coefficient (Wildman–Crippen LogP) is 2.52. The summed E-state index contributed by atoms with van der Waals surface area (Å²) in [6.07, 6.45) is 11.2. The minimum absolute atomic E-state index is 0.171. The molecule has 0 radical (unpaired) electrons. The number of imidazole rings is 1. The number of anilines is 1. The number of aromatic amines is 1. The summed E-state index contributed by atoms with van der Waals surface area (Å²) in [6.45, 7) is 7.74. The minimum atomic E-state index is 0.171. The summed E-state index contributed by atoms with van der Waals surface area (Å²) in [5.41, 5.74) is 2.47. The standard InChI is InChI=1S/C21H30N6O/c1-3-17-11-23-16(2)25-20(17)27-9-4-7-21(14-27)8-5-19(28)26(13-21)10-6-18-12-22-15-24-18/h11-12,15H,3-10,13-14H2,1-2H3,(H,22,24). The lowest BCUT2D eigenvalue weighted by Crippen LogP contribution is -2.54. The van der Waals surface area contributed by atoms with Crippen LogP contribution in [-0.2, 0) is 17.6 Å². The van der Waals surface area contributed by atoms with Gasteiger partial charge in [0.25, 0.3) is 0 Å². The summed E-state index contributed by atoms with van der Waals surface area (Å²) in [6, 6.07) is 0. The molecule has 2 saturated heterocycles. The number of aromatic nitrogens is 4. The molecule has 7 nitrogen and oxygen atoms in total. The van der Waals surface area contributed by atoms with Gasteiger partial charge in [-0.1, -0.05) is 6.92 Å². The maximum Gasteiger partial charge on any atom is 0.222 e. The van der Waals surface area contributed by atoms with Crippen molar-refractivity contribution in [2.24, 2.45) is 5.41 Å². The van der Waals surface area contributed by atoms with Gasteiger partial charge in [0, 0.05) is 68.1 Å². The second kappa shape index (κ2) is 7.89. The molecule has 1 atom stereocenters. The van der Waals surface area contributed by atoms with Crippen LogP contribution in [0.4, 0.5) is 5.82 Å². The molecule has 4 rings (SSSR count). The lowest BCUT2D eigenvalue weighted by Gasteiger charge is -2.48. The van der Waals surface area contributed by atoms with Crippen molar-refractivity contribution >= 4 is 11.7 Å². The van der Waals surface area contributed by atoms with Crippen molar-refractivity contribution in [1.29, 1.82) is 0 Å². The van der Waals surface area contributed by atoms with Gasteiger partial charge in [0.05, 0.1) is 6.33 Å². The van der Waals surface area contributed by atoms with E-state index >= 15 is 0 Å². The van der Waals surface area contributed by atoms with Gasteiger partial charge in [-0.2, -0.15) is 0 Å². The first-order valence-corrected chi connectivity index (χ1v) is 10.4. The Kier molecular flexibility index (Phi) is 5.33. The van der Waals surface area contributed by atoms with E-state index in [0.717, 1.165) is 69.2 Å². The quantitative estimate of drug-likeness (QED) is 0.860. The number of aryl methyl sites for hydroxylation is 2. The average molecular weight is 383 g/mol. The minimum Gasteiger partial charge on any atom is -0.356 e. The Morgan fingerprint density at radius 1 is 1.25 bits per heavy atom. The number of amides is 1. The molecule has 1 unspecified atom stereocenters. The maximum atomic E-state index is 12.5. The molecule has 7 heteroatoms. The van der Waals surface area contributed by atoms with Crippen molar-refractivity contribution < 1.29 is 4.79 Å². The molecule has 1 amide bonds. The second-order valence-electron chi connectivity index (χ2n) is 8.29. The van der Waals surface area contributed by atoms with E-state index in [1.165, 1.54) is 12.0 Å². The molecule has 2 aliphatic rings. The van der Waals surface area contributed by atoms with Gasteiger partial charge in [-0.05, 0) is 32.6 Å². The second-order valence-corrected chi connectivity index (χ2v) is 8.29. The third-order valence-electron chi connectivity index (χ3n) is 6.26. The van der Waals surface area contributed by atoms with Crippen molar-refractivity contribution in [3.05, 3.63) is 35.8 Å². The topological polar surface area (TPSA) is 78.0 Å². The highest BCUT2D eigenvalue weighted by Gasteiger charge is 2.42. The number of carbonyl (C=O) groups excluding carboxylic acids is 1. The molecule has 150 valence electrons. The van der Waals surface area contributed by atoms with Crippen LogP contribution in [0.3, 0.4) is 0 Å². The molecule has 1 spiro atoms. The van der Waals surface area contributed by atoms with E-state index in [0.29, 0.717) is 6.42 Å². The van der Waals surface area contributed by atoms with Gasteiger partial charge >= 0.3 is 0 Å². The molecule has 2 aromatic rings. The predicted molar refractivity (Wildman–Crippen MR) is 108 cm³/mol. The van der Waals surface area contributed by atoms with Gasteiger partial charge in [0.1, 0.15) is 11.6 Å². The molecule has 0 bridgehead atoms. The van der Waals surface area contributed by atoms with Crippen LogP contribution in [0.15, 0.2) is 18.7 Å². The molecule has 0 saturated carbocycles. The molecular weight excluding hydrogens is 352 g/mol. The molecular formula is C21H30N6O. The van der Waals surface area contributed by atoms with Crippen LogP contribution in [0.1, 0.15) is 49.7 Å². The Bertz CT molecular complexity index is 820. The summed E-state index contributed by atoms with van der Waals surface area (Å²) in [5.74, 6) is 2.20. The van der Waals surface area contributed by atoms with Gasteiger partial charge < -0.3 is 14.8 Å². The number of carbonyl (C=O) groups is 1. The van der Waals surface area contributed by atoms with Crippen LogP contribution in [0.2, 0.25) is 0 Å².